The van der Waals surface area contributed by atoms with E-state index in [2.05, 4.69) is 5.32 Å². The minimum absolute atomic E-state index is 0.586. The lowest BCUT2D eigenvalue weighted by molar-refractivity contribution is -0.144. The van der Waals surface area contributed by atoms with Crippen LogP contribution in [0.25, 0.3) is 0 Å². The summed E-state index contributed by atoms with van der Waals surface area (Å²) in [4.78, 5) is 11.3. The first kappa shape index (κ1) is 11.9. The van der Waals surface area contributed by atoms with Crippen molar-refractivity contribution in [2.75, 3.05) is 6.54 Å². The lowest BCUT2D eigenvalue weighted by Gasteiger charge is -2.29. The number of aliphatic carboxylic acids is 1. The zero-order valence-electron chi connectivity index (χ0n) is 10.0. The second-order valence-electron chi connectivity index (χ2n) is 5.48. The van der Waals surface area contributed by atoms with E-state index >= 15 is 0 Å². The van der Waals surface area contributed by atoms with Gasteiger partial charge in [-0.25, -0.2) is 0 Å². The minimum atomic E-state index is -0.638. The van der Waals surface area contributed by atoms with E-state index in [1.807, 2.05) is 0 Å². The molecule has 0 heterocycles. The number of hydrogen-bond donors (Lipinski definition) is 2. The number of carboxylic acid groups (broad SMARTS) is 1. The summed E-state index contributed by atoms with van der Waals surface area (Å²) < 4.78 is 0. The van der Waals surface area contributed by atoms with Crippen LogP contribution in [0.5, 0.6) is 0 Å². The maximum Gasteiger partial charge on any atom is 0.323 e. The van der Waals surface area contributed by atoms with Gasteiger partial charge >= 0.3 is 5.97 Å². The van der Waals surface area contributed by atoms with Crippen LogP contribution in [-0.4, -0.2) is 23.2 Å². The van der Waals surface area contributed by atoms with Gasteiger partial charge in [0.15, 0.2) is 0 Å². The van der Waals surface area contributed by atoms with E-state index in [1.165, 1.54) is 32.1 Å². The highest BCUT2D eigenvalue weighted by Crippen LogP contribution is 2.31. The summed E-state index contributed by atoms with van der Waals surface area (Å²) in [5.41, 5.74) is -0.586. The van der Waals surface area contributed by atoms with E-state index in [0.29, 0.717) is 5.92 Å². The Labute approximate surface area is 97.6 Å². The van der Waals surface area contributed by atoms with Gasteiger partial charge in [-0.2, -0.15) is 0 Å². The highest BCUT2D eigenvalue weighted by Gasteiger charge is 2.41. The van der Waals surface area contributed by atoms with E-state index in [4.69, 9.17) is 0 Å². The molecule has 2 N–H and O–H groups in total. The third-order valence-corrected chi connectivity index (χ3v) is 4.32. The first-order valence-electron chi connectivity index (χ1n) is 6.71. The lowest BCUT2D eigenvalue weighted by Crippen LogP contribution is -2.51. The van der Waals surface area contributed by atoms with Gasteiger partial charge in [-0.1, -0.05) is 32.1 Å². The van der Waals surface area contributed by atoms with E-state index in [0.717, 1.165) is 32.2 Å². The molecule has 0 aliphatic heterocycles. The van der Waals surface area contributed by atoms with Gasteiger partial charge in [0, 0.05) is 0 Å². The van der Waals surface area contributed by atoms with Crippen molar-refractivity contribution in [1.82, 2.24) is 5.32 Å². The molecule has 2 fully saturated rings. The van der Waals surface area contributed by atoms with Crippen LogP contribution in [-0.2, 0) is 4.79 Å². The standard InChI is InChI=1S/C13H23NO2/c15-12(16)13(8-4-5-9-13)14-10-11-6-2-1-3-7-11/h11,14H,1-10H2,(H,15,16). The predicted octanol–water partition coefficient (Wildman–Crippen LogP) is 2.55. The summed E-state index contributed by atoms with van der Waals surface area (Å²) in [6.45, 7) is 0.909. The molecular formula is C13H23NO2. The second kappa shape index (κ2) is 5.17. The Morgan fingerprint density at radius 2 is 1.75 bits per heavy atom. The van der Waals surface area contributed by atoms with Gasteiger partial charge in [-0.05, 0) is 38.1 Å². The minimum Gasteiger partial charge on any atom is -0.480 e. The van der Waals surface area contributed by atoms with Gasteiger partial charge in [-0.3, -0.25) is 4.79 Å². The number of carboxylic acids is 1. The van der Waals surface area contributed by atoms with Crippen molar-refractivity contribution >= 4 is 5.97 Å². The molecular weight excluding hydrogens is 202 g/mol. The highest BCUT2D eigenvalue weighted by molar-refractivity contribution is 5.79. The molecule has 0 spiro atoms. The Morgan fingerprint density at radius 3 is 2.31 bits per heavy atom. The molecule has 0 radical (unpaired) electrons. The molecule has 16 heavy (non-hydrogen) atoms. The summed E-state index contributed by atoms with van der Waals surface area (Å²) in [5.74, 6) is 0.0754. The van der Waals surface area contributed by atoms with Gasteiger partial charge < -0.3 is 10.4 Å². The smallest absolute Gasteiger partial charge is 0.323 e. The summed E-state index contributed by atoms with van der Waals surface area (Å²) in [7, 11) is 0. The van der Waals surface area contributed by atoms with Crippen molar-refractivity contribution in [3.8, 4) is 0 Å². The molecule has 0 aromatic heterocycles. The number of hydrogen-bond acceptors (Lipinski definition) is 2. The number of carbonyl (C=O) groups is 1. The highest BCUT2D eigenvalue weighted by atomic mass is 16.4. The van der Waals surface area contributed by atoms with E-state index in [1.54, 1.807) is 0 Å². The van der Waals surface area contributed by atoms with Crippen molar-refractivity contribution in [3.63, 3.8) is 0 Å². The second-order valence-corrected chi connectivity index (χ2v) is 5.48. The van der Waals surface area contributed by atoms with Gasteiger partial charge in [0.05, 0.1) is 0 Å². The van der Waals surface area contributed by atoms with Gasteiger partial charge in [0.1, 0.15) is 5.54 Å². The van der Waals surface area contributed by atoms with E-state index in [-0.39, 0.29) is 0 Å². The van der Waals surface area contributed by atoms with Gasteiger partial charge in [0.2, 0.25) is 0 Å². The Kier molecular flexibility index (Phi) is 3.85. The molecule has 0 saturated heterocycles. The average molecular weight is 225 g/mol. The average Bonchev–Trinajstić information content (AvgIpc) is 2.78. The molecule has 92 valence electrons. The topological polar surface area (TPSA) is 49.3 Å². The first-order valence-corrected chi connectivity index (χ1v) is 6.71. The molecule has 3 heteroatoms. The van der Waals surface area contributed by atoms with Crippen LogP contribution in [0.3, 0.4) is 0 Å². The molecule has 3 nitrogen and oxygen atoms in total. The molecule has 2 aliphatic carbocycles. The Morgan fingerprint density at radius 1 is 1.12 bits per heavy atom. The zero-order chi connectivity index (χ0) is 11.4. The molecule has 0 unspecified atom stereocenters. The maximum atomic E-state index is 11.3. The molecule has 0 aromatic carbocycles. The SMILES string of the molecule is O=C(O)C1(NCC2CCCCC2)CCCC1. The van der Waals surface area contributed by atoms with Crippen molar-refractivity contribution < 1.29 is 9.90 Å². The summed E-state index contributed by atoms with van der Waals surface area (Å²) in [5, 5.41) is 12.7. The van der Waals surface area contributed by atoms with Gasteiger partial charge in [0.25, 0.3) is 0 Å². The third-order valence-electron chi connectivity index (χ3n) is 4.32. The zero-order valence-corrected chi connectivity index (χ0v) is 10.0. The number of nitrogens with one attached hydrogen (secondary N) is 1. The molecule has 0 atom stereocenters. The van der Waals surface area contributed by atoms with Crippen molar-refractivity contribution in [2.24, 2.45) is 5.92 Å². The summed E-state index contributed by atoms with van der Waals surface area (Å²) in [6, 6.07) is 0. The third kappa shape index (κ3) is 2.57. The van der Waals surface area contributed by atoms with Crippen molar-refractivity contribution in [3.05, 3.63) is 0 Å². The van der Waals surface area contributed by atoms with Crippen LogP contribution in [0.4, 0.5) is 0 Å². The largest absolute Gasteiger partial charge is 0.480 e. The Hall–Kier alpha value is -0.570. The van der Waals surface area contributed by atoms with Crippen LogP contribution in [0, 0.1) is 5.92 Å². The Balaban J connectivity index is 1.84. The molecule has 2 rings (SSSR count). The molecule has 2 saturated carbocycles. The van der Waals surface area contributed by atoms with Crippen molar-refractivity contribution in [2.45, 2.75) is 63.3 Å². The number of rotatable bonds is 4. The van der Waals surface area contributed by atoms with Crippen molar-refractivity contribution in [1.29, 1.82) is 0 Å². The predicted molar refractivity (Wildman–Crippen MR) is 63.4 cm³/mol. The van der Waals surface area contributed by atoms with E-state index < -0.39 is 11.5 Å². The van der Waals surface area contributed by atoms with Crippen LogP contribution in [0.1, 0.15) is 57.8 Å². The quantitative estimate of drug-likeness (QED) is 0.773. The fourth-order valence-corrected chi connectivity index (χ4v) is 3.18. The fraction of sp³-hybridized carbons (Fsp3) is 0.923. The molecule has 0 bridgehead atoms. The summed E-state index contributed by atoms with van der Waals surface area (Å²) in [6.07, 6.45) is 10.3. The van der Waals surface area contributed by atoms with Crippen LogP contribution >= 0.6 is 0 Å². The molecule has 2 aliphatic rings. The molecule has 0 aromatic rings. The maximum absolute atomic E-state index is 11.3. The van der Waals surface area contributed by atoms with Crippen LogP contribution in [0.2, 0.25) is 0 Å². The Bertz CT molecular complexity index is 240. The van der Waals surface area contributed by atoms with Gasteiger partial charge in [-0.15, -0.1) is 0 Å². The van der Waals surface area contributed by atoms with Crippen LogP contribution < -0.4 is 5.32 Å². The lowest BCUT2D eigenvalue weighted by atomic mass is 9.88. The van der Waals surface area contributed by atoms with Crippen LogP contribution in [0.15, 0.2) is 0 Å². The monoisotopic (exact) mass is 225 g/mol. The first-order chi connectivity index (χ1) is 7.73. The molecule has 0 amide bonds. The summed E-state index contributed by atoms with van der Waals surface area (Å²) >= 11 is 0. The fourth-order valence-electron chi connectivity index (χ4n) is 3.18. The normalized spacial score (nSPS) is 25.8. The van der Waals surface area contributed by atoms with E-state index in [9.17, 15) is 9.90 Å².